The van der Waals surface area contributed by atoms with Crippen LogP contribution in [-0.4, -0.2) is 31.6 Å². The maximum absolute atomic E-state index is 12.1. The van der Waals surface area contributed by atoms with Crippen molar-refractivity contribution in [2.45, 2.75) is 20.0 Å². The summed E-state index contributed by atoms with van der Waals surface area (Å²) in [5.41, 5.74) is 5.47. The van der Waals surface area contributed by atoms with Gasteiger partial charge in [0.2, 0.25) is 0 Å². The van der Waals surface area contributed by atoms with Crippen LogP contribution in [0.15, 0.2) is 45.3 Å². The topological polar surface area (TPSA) is 85.9 Å². The van der Waals surface area contributed by atoms with Crippen LogP contribution in [0.4, 0.5) is 0 Å². The standard InChI is InChI=1S/C19H20Br2N2O5/c1-11-8-13(20)9-16(21)18(11)27-10-17(24)22-23-19(25)12(2)28-15-6-4-14(26-3)5-7-15/h4-9,12H,10H2,1-3H3,(H,22,24)(H,23,25). The molecule has 2 aromatic carbocycles. The fourth-order valence-corrected chi connectivity index (χ4v) is 3.74. The first-order chi connectivity index (χ1) is 13.3. The van der Waals surface area contributed by atoms with E-state index in [1.54, 1.807) is 38.3 Å². The lowest BCUT2D eigenvalue weighted by atomic mass is 10.2. The van der Waals surface area contributed by atoms with Crippen molar-refractivity contribution in [3.8, 4) is 17.2 Å². The molecule has 28 heavy (non-hydrogen) atoms. The molecule has 0 bridgehead atoms. The third kappa shape index (κ3) is 6.42. The largest absolute Gasteiger partial charge is 0.497 e. The van der Waals surface area contributed by atoms with Gasteiger partial charge in [-0.25, -0.2) is 0 Å². The Morgan fingerprint density at radius 1 is 1.07 bits per heavy atom. The molecule has 0 aliphatic carbocycles. The van der Waals surface area contributed by atoms with E-state index < -0.39 is 17.9 Å². The second-order valence-electron chi connectivity index (χ2n) is 5.80. The molecule has 9 heteroatoms. The van der Waals surface area contributed by atoms with E-state index in [1.807, 2.05) is 19.1 Å². The molecule has 7 nitrogen and oxygen atoms in total. The molecule has 2 rings (SSSR count). The Bertz CT molecular complexity index is 820. The van der Waals surface area contributed by atoms with Crippen molar-refractivity contribution < 1.29 is 23.8 Å². The molecule has 0 saturated carbocycles. The number of carbonyl (C=O) groups excluding carboxylic acids is 2. The normalized spacial score (nSPS) is 11.3. The van der Waals surface area contributed by atoms with Crippen LogP contribution in [0.1, 0.15) is 12.5 Å². The first-order valence-electron chi connectivity index (χ1n) is 8.28. The molecule has 0 aromatic heterocycles. The Morgan fingerprint density at radius 3 is 2.32 bits per heavy atom. The number of ether oxygens (including phenoxy) is 3. The van der Waals surface area contributed by atoms with Gasteiger partial charge in [0, 0.05) is 4.47 Å². The van der Waals surface area contributed by atoms with Gasteiger partial charge >= 0.3 is 0 Å². The average molecular weight is 516 g/mol. The van der Waals surface area contributed by atoms with E-state index in [4.69, 9.17) is 14.2 Å². The summed E-state index contributed by atoms with van der Waals surface area (Å²) >= 11 is 6.77. The average Bonchev–Trinajstić information content (AvgIpc) is 2.65. The summed E-state index contributed by atoms with van der Waals surface area (Å²) in [6, 6.07) is 10.5. The van der Waals surface area contributed by atoms with Crippen LogP contribution in [0.25, 0.3) is 0 Å². The molecular formula is C19H20Br2N2O5. The fourth-order valence-electron chi connectivity index (χ4n) is 2.19. The zero-order chi connectivity index (χ0) is 20.7. The van der Waals surface area contributed by atoms with E-state index in [9.17, 15) is 9.59 Å². The maximum Gasteiger partial charge on any atom is 0.279 e. The first kappa shape index (κ1) is 22.0. The summed E-state index contributed by atoms with van der Waals surface area (Å²) in [6.45, 7) is 3.18. The van der Waals surface area contributed by atoms with Gasteiger partial charge in [-0.15, -0.1) is 0 Å². The third-order valence-electron chi connectivity index (χ3n) is 3.61. The van der Waals surface area contributed by atoms with E-state index >= 15 is 0 Å². The van der Waals surface area contributed by atoms with E-state index in [0.29, 0.717) is 17.2 Å². The Kier molecular flexibility index (Phi) is 8.13. The summed E-state index contributed by atoms with van der Waals surface area (Å²) in [6.07, 6.45) is -0.808. The van der Waals surface area contributed by atoms with E-state index in [-0.39, 0.29) is 6.61 Å². The predicted octanol–water partition coefficient (Wildman–Crippen LogP) is 3.52. The smallest absolute Gasteiger partial charge is 0.279 e. The highest BCUT2D eigenvalue weighted by atomic mass is 79.9. The van der Waals surface area contributed by atoms with Crippen LogP contribution in [-0.2, 0) is 9.59 Å². The van der Waals surface area contributed by atoms with Crippen molar-refractivity contribution >= 4 is 43.7 Å². The van der Waals surface area contributed by atoms with Gasteiger partial charge in [-0.1, -0.05) is 15.9 Å². The number of hydrazine groups is 1. The van der Waals surface area contributed by atoms with Crippen LogP contribution in [0.2, 0.25) is 0 Å². The molecule has 0 saturated heterocycles. The van der Waals surface area contributed by atoms with Crippen LogP contribution >= 0.6 is 31.9 Å². The number of aryl methyl sites for hydroxylation is 1. The monoisotopic (exact) mass is 514 g/mol. The van der Waals surface area contributed by atoms with Gasteiger partial charge < -0.3 is 14.2 Å². The molecule has 150 valence electrons. The molecule has 0 aliphatic heterocycles. The number of rotatable bonds is 7. The minimum absolute atomic E-state index is 0.255. The van der Waals surface area contributed by atoms with Crippen molar-refractivity contribution in [2.24, 2.45) is 0 Å². The Balaban J connectivity index is 1.79. The van der Waals surface area contributed by atoms with Gasteiger partial charge in [-0.05, 0) is 71.7 Å². The second-order valence-corrected chi connectivity index (χ2v) is 7.57. The number of methoxy groups -OCH3 is 1. The highest BCUT2D eigenvalue weighted by molar-refractivity contribution is 9.11. The Labute approximate surface area is 180 Å². The minimum Gasteiger partial charge on any atom is -0.497 e. The Hall–Kier alpha value is -2.26. The van der Waals surface area contributed by atoms with Gasteiger partial charge in [-0.2, -0.15) is 0 Å². The highest BCUT2D eigenvalue weighted by Crippen LogP contribution is 2.32. The summed E-state index contributed by atoms with van der Waals surface area (Å²) in [5, 5.41) is 0. The summed E-state index contributed by atoms with van der Waals surface area (Å²) in [7, 11) is 1.56. The lowest BCUT2D eigenvalue weighted by Gasteiger charge is -2.16. The summed E-state index contributed by atoms with van der Waals surface area (Å²) in [4.78, 5) is 24.0. The lowest BCUT2D eigenvalue weighted by Crippen LogP contribution is -2.48. The number of hydrogen-bond acceptors (Lipinski definition) is 5. The molecule has 1 unspecified atom stereocenters. The molecular weight excluding hydrogens is 496 g/mol. The van der Waals surface area contributed by atoms with E-state index in [0.717, 1.165) is 14.5 Å². The minimum atomic E-state index is -0.808. The van der Waals surface area contributed by atoms with Crippen LogP contribution < -0.4 is 25.1 Å². The SMILES string of the molecule is COc1ccc(OC(C)C(=O)NNC(=O)COc2c(C)cc(Br)cc2Br)cc1. The van der Waals surface area contributed by atoms with Crippen LogP contribution in [0.3, 0.4) is 0 Å². The van der Waals surface area contributed by atoms with Gasteiger partial charge in [-0.3, -0.25) is 20.4 Å². The van der Waals surface area contributed by atoms with Crippen LogP contribution in [0.5, 0.6) is 17.2 Å². The number of hydrogen-bond donors (Lipinski definition) is 2. The molecule has 2 aromatic rings. The number of benzene rings is 2. The number of nitrogens with one attached hydrogen (secondary N) is 2. The van der Waals surface area contributed by atoms with Crippen LogP contribution in [0, 0.1) is 6.92 Å². The zero-order valence-corrected chi connectivity index (χ0v) is 18.7. The van der Waals surface area contributed by atoms with Gasteiger partial charge in [0.05, 0.1) is 11.6 Å². The summed E-state index contributed by atoms with van der Waals surface area (Å²) < 4.78 is 17.7. The zero-order valence-electron chi connectivity index (χ0n) is 15.5. The molecule has 2 N–H and O–H groups in total. The molecule has 0 radical (unpaired) electrons. The van der Waals surface area contributed by atoms with E-state index in [2.05, 4.69) is 42.7 Å². The molecule has 0 spiro atoms. The fraction of sp³-hybridized carbons (Fsp3) is 0.263. The quantitative estimate of drug-likeness (QED) is 0.551. The van der Waals surface area contributed by atoms with Crippen molar-refractivity contribution in [1.29, 1.82) is 0 Å². The summed E-state index contributed by atoms with van der Waals surface area (Å²) in [5.74, 6) is 0.753. The van der Waals surface area contributed by atoms with Gasteiger partial charge in [0.1, 0.15) is 17.2 Å². The third-order valence-corrected chi connectivity index (χ3v) is 4.66. The predicted molar refractivity (Wildman–Crippen MR) is 111 cm³/mol. The number of halogens is 2. The molecule has 0 heterocycles. The number of carbonyl (C=O) groups is 2. The number of amides is 2. The van der Waals surface area contributed by atoms with Crippen molar-refractivity contribution in [3.63, 3.8) is 0 Å². The second kappa shape index (κ2) is 10.3. The highest BCUT2D eigenvalue weighted by Gasteiger charge is 2.16. The van der Waals surface area contributed by atoms with Crippen molar-refractivity contribution in [3.05, 3.63) is 50.9 Å². The lowest BCUT2D eigenvalue weighted by molar-refractivity contribution is -0.133. The molecule has 2 amide bonds. The van der Waals surface area contributed by atoms with Gasteiger partial charge in [0.25, 0.3) is 11.8 Å². The first-order valence-corrected chi connectivity index (χ1v) is 9.86. The van der Waals surface area contributed by atoms with Crippen molar-refractivity contribution in [1.82, 2.24) is 10.9 Å². The Morgan fingerprint density at radius 2 is 1.71 bits per heavy atom. The maximum atomic E-state index is 12.1. The van der Waals surface area contributed by atoms with E-state index in [1.165, 1.54) is 0 Å². The van der Waals surface area contributed by atoms with Crippen molar-refractivity contribution in [2.75, 3.05) is 13.7 Å². The molecule has 1 atom stereocenters. The molecule has 0 fully saturated rings. The molecule has 0 aliphatic rings. The van der Waals surface area contributed by atoms with Gasteiger partial charge in [0.15, 0.2) is 12.7 Å².